The number of morpholine rings is 1. The van der Waals surface area contributed by atoms with Crippen molar-refractivity contribution in [3.05, 3.63) is 48.0 Å². The molecule has 5 nitrogen and oxygen atoms in total. The zero-order valence-corrected chi connectivity index (χ0v) is 13.1. The van der Waals surface area contributed by atoms with Crippen molar-refractivity contribution in [1.82, 2.24) is 0 Å². The minimum atomic E-state index is 0.0996. The van der Waals surface area contributed by atoms with Gasteiger partial charge in [-0.15, -0.1) is 0 Å². The number of ether oxygens (including phenoxy) is 2. The van der Waals surface area contributed by atoms with Gasteiger partial charge >= 0.3 is 0 Å². The first-order valence-electron chi connectivity index (χ1n) is 7.61. The Morgan fingerprint density at radius 1 is 1.13 bits per heavy atom. The maximum absolute atomic E-state index is 10.1. The molecule has 1 aliphatic rings. The molecule has 0 radical (unpaired) electrons. The molecule has 0 bridgehead atoms. The lowest BCUT2D eigenvalue weighted by atomic mass is 10.2. The Hall–Kier alpha value is -2.53. The number of para-hydroxylation sites is 3. The lowest BCUT2D eigenvalue weighted by Crippen LogP contribution is -2.36. The van der Waals surface area contributed by atoms with Crippen LogP contribution in [-0.2, 0) is 4.74 Å². The lowest BCUT2D eigenvalue weighted by molar-refractivity contribution is 0.123. The van der Waals surface area contributed by atoms with Crippen molar-refractivity contribution in [3.8, 4) is 11.5 Å². The predicted molar refractivity (Wildman–Crippen MR) is 91.4 cm³/mol. The van der Waals surface area contributed by atoms with Crippen LogP contribution in [0.3, 0.4) is 0 Å². The largest absolute Gasteiger partial charge is 0.504 e. The molecular formula is C18H20N2O3. The van der Waals surface area contributed by atoms with Gasteiger partial charge in [0.05, 0.1) is 31.7 Å². The van der Waals surface area contributed by atoms with Gasteiger partial charge in [-0.2, -0.15) is 0 Å². The van der Waals surface area contributed by atoms with Crippen LogP contribution in [0.5, 0.6) is 11.5 Å². The topological polar surface area (TPSA) is 54.3 Å². The van der Waals surface area contributed by atoms with Crippen molar-refractivity contribution >= 4 is 17.6 Å². The van der Waals surface area contributed by atoms with Crippen LogP contribution < -0.4 is 9.64 Å². The molecule has 0 aromatic heterocycles. The Bertz CT molecular complexity index is 694. The molecule has 0 atom stereocenters. The van der Waals surface area contributed by atoms with Gasteiger partial charge in [0.25, 0.3) is 0 Å². The van der Waals surface area contributed by atoms with Crippen molar-refractivity contribution in [2.75, 3.05) is 38.3 Å². The molecule has 1 aliphatic heterocycles. The molecule has 0 saturated carbocycles. The van der Waals surface area contributed by atoms with Crippen LogP contribution in [0.1, 0.15) is 5.56 Å². The van der Waals surface area contributed by atoms with E-state index in [-0.39, 0.29) is 5.75 Å². The fourth-order valence-corrected chi connectivity index (χ4v) is 2.59. The zero-order valence-electron chi connectivity index (χ0n) is 13.1. The van der Waals surface area contributed by atoms with E-state index in [9.17, 15) is 5.11 Å². The Morgan fingerprint density at radius 3 is 2.70 bits per heavy atom. The van der Waals surface area contributed by atoms with Gasteiger partial charge in [-0.1, -0.05) is 18.2 Å². The molecule has 2 aromatic carbocycles. The number of methoxy groups -OCH3 is 1. The molecule has 23 heavy (non-hydrogen) atoms. The van der Waals surface area contributed by atoms with Gasteiger partial charge in [0, 0.05) is 24.9 Å². The molecule has 1 saturated heterocycles. The summed E-state index contributed by atoms with van der Waals surface area (Å²) in [7, 11) is 1.53. The van der Waals surface area contributed by atoms with Gasteiger partial charge in [-0.25, -0.2) is 0 Å². The summed E-state index contributed by atoms with van der Waals surface area (Å²) >= 11 is 0. The Kier molecular flexibility index (Phi) is 4.78. The maximum atomic E-state index is 10.1. The molecule has 120 valence electrons. The molecule has 3 rings (SSSR count). The molecule has 0 aliphatic carbocycles. The fraction of sp³-hybridized carbons (Fsp3) is 0.278. The van der Waals surface area contributed by atoms with E-state index in [0.717, 1.165) is 37.7 Å². The molecule has 1 N–H and O–H groups in total. The number of phenols is 1. The van der Waals surface area contributed by atoms with Crippen molar-refractivity contribution in [2.24, 2.45) is 4.99 Å². The highest BCUT2D eigenvalue weighted by molar-refractivity contribution is 5.88. The first kappa shape index (κ1) is 15.4. The summed E-state index contributed by atoms with van der Waals surface area (Å²) in [6.45, 7) is 3.18. The highest BCUT2D eigenvalue weighted by Crippen LogP contribution is 2.31. The number of aliphatic imine (C=N–C) groups is 1. The Labute approximate surface area is 135 Å². The predicted octanol–water partition coefficient (Wildman–Crippen LogP) is 2.99. The normalized spacial score (nSPS) is 15.1. The fourth-order valence-electron chi connectivity index (χ4n) is 2.59. The van der Waals surface area contributed by atoms with Crippen LogP contribution in [-0.4, -0.2) is 44.7 Å². The molecule has 1 fully saturated rings. The second-order valence-electron chi connectivity index (χ2n) is 5.24. The summed E-state index contributed by atoms with van der Waals surface area (Å²) < 4.78 is 10.5. The summed E-state index contributed by atoms with van der Waals surface area (Å²) in [5, 5.41) is 10.1. The molecule has 2 aromatic rings. The maximum Gasteiger partial charge on any atom is 0.166 e. The summed E-state index contributed by atoms with van der Waals surface area (Å²) in [6, 6.07) is 13.3. The molecule has 0 spiro atoms. The van der Waals surface area contributed by atoms with E-state index in [1.54, 1.807) is 18.3 Å². The molecular weight excluding hydrogens is 292 g/mol. The van der Waals surface area contributed by atoms with Gasteiger partial charge in [-0.3, -0.25) is 4.99 Å². The number of nitrogens with zero attached hydrogens (tertiary/aromatic N) is 2. The third-order valence-electron chi connectivity index (χ3n) is 3.83. The zero-order chi connectivity index (χ0) is 16.1. The number of benzene rings is 2. The van der Waals surface area contributed by atoms with Crippen molar-refractivity contribution in [2.45, 2.75) is 0 Å². The van der Waals surface area contributed by atoms with Crippen LogP contribution in [0.25, 0.3) is 0 Å². The minimum Gasteiger partial charge on any atom is -0.504 e. The number of hydrogen-bond acceptors (Lipinski definition) is 5. The quantitative estimate of drug-likeness (QED) is 0.882. The number of aromatic hydroxyl groups is 1. The summed E-state index contributed by atoms with van der Waals surface area (Å²) in [5.41, 5.74) is 2.58. The third-order valence-corrected chi connectivity index (χ3v) is 3.83. The molecule has 5 heteroatoms. The van der Waals surface area contributed by atoms with Crippen LogP contribution in [0, 0.1) is 0 Å². The van der Waals surface area contributed by atoms with E-state index in [1.165, 1.54) is 7.11 Å². The number of anilines is 1. The first-order valence-corrected chi connectivity index (χ1v) is 7.61. The van der Waals surface area contributed by atoms with Gasteiger partial charge in [-0.05, 0) is 24.3 Å². The van der Waals surface area contributed by atoms with Crippen LogP contribution in [0.4, 0.5) is 11.4 Å². The summed E-state index contributed by atoms with van der Waals surface area (Å²) in [5.74, 6) is 0.540. The molecule has 1 heterocycles. The van der Waals surface area contributed by atoms with Crippen molar-refractivity contribution in [1.29, 1.82) is 0 Å². The SMILES string of the molecule is COc1cccc(C=Nc2ccccc2N2CCOCC2)c1O. The monoisotopic (exact) mass is 312 g/mol. The smallest absolute Gasteiger partial charge is 0.166 e. The van der Waals surface area contributed by atoms with E-state index in [0.29, 0.717) is 11.3 Å². The van der Waals surface area contributed by atoms with Gasteiger partial charge in [0.2, 0.25) is 0 Å². The number of hydrogen-bond donors (Lipinski definition) is 1. The van der Waals surface area contributed by atoms with Crippen molar-refractivity contribution < 1.29 is 14.6 Å². The second kappa shape index (κ2) is 7.15. The number of phenolic OH excluding ortho intramolecular Hbond substituents is 1. The van der Waals surface area contributed by atoms with E-state index >= 15 is 0 Å². The molecule has 0 amide bonds. The average Bonchev–Trinajstić information content (AvgIpc) is 2.62. The third kappa shape index (κ3) is 3.46. The summed E-state index contributed by atoms with van der Waals surface area (Å²) in [4.78, 5) is 6.83. The van der Waals surface area contributed by atoms with E-state index in [2.05, 4.69) is 16.0 Å². The number of rotatable bonds is 4. The van der Waals surface area contributed by atoms with Gasteiger partial charge < -0.3 is 19.5 Å². The Balaban J connectivity index is 1.88. The van der Waals surface area contributed by atoms with Crippen molar-refractivity contribution in [3.63, 3.8) is 0 Å². The minimum absolute atomic E-state index is 0.0996. The van der Waals surface area contributed by atoms with E-state index < -0.39 is 0 Å². The molecule has 0 unspecified atom stereocenters. The standard InChI is InChI=1S/C18H20N2O3/c1-22-17-8-4-5-14(18(17)21)13-19-15-6-2-3-7-16(15)20-9-11-23-12-10-20/h2-8,13,21H,9-12H2,1H3. The second-order valence-corrected chi connectivity index (χ2v) is 5.24. The van der Waals surface area contributed by atoms with Crippen LogP contribution >= 0.6 is 0 Å². The van der Waals surface area contributed by atoms with Crippen LogP contribution in [0.2, 0.25) is 0 Å². The van der Waals surface area contributed by atoms with Gasteiger partial charge in [0.1, 0.15) is 0 Å². The van der Waals surface area contributed by atoms with Gasteiger partial charge in [0.15, 0.2) is 11.5 Å². The highest BCUT2D eigenvalue weighted by atomic mass is 16.5. The lowest BCUT2D eigenvalue weighted by Gasteiger charge is -2.29. The Morgan fingerprint density at radius 2 is 1.91 bits per heavy atom. The summed E-state index contributed by atoms with van der Waals surface area (Å²) in [6.07, 6.45) is 1.66. The first-order chi connectivity index (χ1) is 11.3. The average molecular weight is 312 g/mol. The van der Waals surface area contributed by atoms with E-state index in [1.807, 2.05) is 24.3 Å². The van der Waals surface area contributed by atoms with E-state index in [4.69, 9.17) is 9.47 Å². The highest BCUT2D eigenvalue weighted by Gasteiger charge is 2.14. The van der Waals surface area contributed by atoms with Crippen LogP contribution in [0.15, 0.2) is 47.5 Å².